The van der Waals surface area contributed by atoms with Gasteiger partial charge in [0.05, 0.1) is 23.0 Å². The van der Waals surface area contributed by atoms with Crippen molar-refractivity contribution in [3.8, 4) is 0 Å². The fraction of sp³-hybridized carbons (Fsp3) is 0.250. The Balaban J connectivity index is 2.08. The minimum Gasteiger partial charge on any atom is -0.481 e. The van der Waals surface area contributed by atoms with Crippen LogP contribution in [-0.2, 0) is 9.59 Å². The molecule has 1 saturated heterocycles. The molecule has 1 aromatic rings. The third-order valence-corrected chi connectivity index (χ3v) is 3.43. The van der Waals surface area contributed by atoms with Gasteiger partial charge in [0.2, 0.25) is 5.91 Å². The van der Waals surface area contributed by atoms with Crippen LogP contribution in [0.5, 0.6) is 0 Å². The van der Waals surface area contributed by atoms with E-state index in [1.807, 2.05) is 0 Å². The predicted molar refractivity (Wildman–Crippen MR) is 71.4 cm³/mol. The SMILES string of the molecule is O=C(NN1C[C@H](C(=O)O)CC1=O)c1ccc(Cl)cc1Cl. The molecule has 0 spiro atoms. The van der Waals surface area contributed by atoms with Gasteiger partial charge in [-0.05, 0) is 18.2 Å². The molecule has 20 heavy (non-hydrogen) atoms. The van der Waals surface area contributed by atoms with Crippen molar-refractivity contribution in [2.75, 3.05) is 6.54 Å². The summed E-state index contributed by atoms with van der Waals surface area (Å²) in [6.07, 6.45) is -0.135. The topological polar surface area (TPSA) is 86.7 Å². The molecule has 0 aromatic heterocycles. The Bertz CT molecular complexity index is 591. The molecule has 0 unspecified atom stereocenters. The molecule has 0 saturated carbocycles. The van der Waals surface area contributed by atoms with Gasteiger partial charge in [-0.25, -0.2) is 0 Å². The largest absolute Gasteiger partial charge is 0.481 e. The van der Waals surface area contributed by atoms with Crippen LogP contribution in [0.15, 0.2) is 18.2 Å². The molecule has 2 N–H and O–H groups in total. The van der Waals surface area contributed by atoms with E-state index in [4.69, 9.17) is 28.3 Å². The van der Waals surface area contributed by atoms with Crippen LogP contribution in [0.25, 0.3) is 0 Å². The Morgan fingerprint density at radius 3 is 2.60 bits per heavy atom. The first-order valence-corrected chi connectivity index (χ1v) is 6.43. The summed E-state index contributed by atoms with van der Waals surface area (Å²) < 4.78 is 0. The van der Waals surface area contributed by atoms with E-state index in [2.05, 4.69) is 5.43 Å². The zero-order valence-electron chi connectivity index (χ0n) is 10.1. The highest BCUT2D eigenvalue weighted by Gasteiger charge is 2.35. The molecule has 6 nitrogen and oxygen atoms in total. The van der Waals surface area contributed by atoms with E-state index in [9.17, 15) is 14.4 Å². The van der Waals surface area contributed by atoms with E-state index >= 15 is 0 Å². The third-order valence-electron chi connectivity index (χ3n) is 2.89. The van der Waals surface area contributed by atoms with Gasteiger partial charge in [-0.3, -0.25) is 24.8 Å². The normalized spacial score (nSPS) is 18.2. The summed E-state index contributed by atoms with van der Waals surface area (Å²) >= 11 is 11.6. The number of nitrogens with one attached hydrogen (secondary N) is 1. The lowest BCUT2D eigenvalue weighted by atomic mass is 10.1. The first-order chi connectivity index (χ1) is 9.38. The average molecular weight is 317 g/mol. The monoisotopic (exact) mass is 316 g/mol. The first kappa shape index (κ1) is 14.6. The van der Waals surface area contributed by atoms with Gasteiger partial charge >= 0.3 is 5.97 Å². The van der Waals surface area contributed by atoms with Crippen LogP contribution in [-0.4, -0.2) is 34.4 Å². The summed E-state index contributed by atoms with van der Waals surface area (Å²) in [6, 6.07) is 4.33. The number of carboxylic acid groups (broad SMARTS) is 1. The van der Waals surface area contributed by atoms with E-state index in [1.165, 1.54) is 18.2 Å². The van der Waals surface area contributed by atoms with Crippen LogP contribution in [0, 0.1) is 5.92 Å². The van der Waals surface area contributed by atoms with Crippen molar-refractivity contribution in [1.82, 2.24) is 10.4 Å². The number of nitrogens with zero attached hydrogens (tertiary/aromatic N) is 1. The third kappa shape index (κ3) is 3.02. The van der Waals surface area contributed by atoms with Crippen molar-refractivity contribution >= 4 is 41.0 Å². The number of rotatable bonds is 3. The minimum absolute atomic E-state index is 0.0644. The summed E-state index contributed by atoms with van der Waals surface area (Å²) in [5, 5.41) is 10.4. The van der Waals surface area contributed by atoms with Gasteiger partial charge < -0.3 is 5.11 Å². The van der Waals surface area contributed by atoms with Gasteiger partial charge in [0.15, 0.2) is 0 Å². The smallest absolute Gasteiger partial charge is 0.308 e. The lowest BCUT2D eigenvalue weighted by molar-refractivity contribution is -0.141. The predicted octanol–water partition coefficient (Wildman–Crippen LogP) is 1.57. The summed E-state index contributed by atoms with van der Waals surface area (Å²) in [5.74, 6) is -2.93. The van der Waals surface area contributed by atoms with Crippen LogP contribution in [0.4, 0.5) is 0 Å². The maximum atomic E-state index is 12.0. The molecule has 1 heterocycles. The Labute approximate surface area is 124 Å². The molecular weight excluding hydrogens is 307 g/mol. The summed E-state index contributed by atoms with van der Waals surface area (Å²) in [7, 11) is 0. The highest BCUT2D eigenvalue weighted by molar-refractivity contribution is 6.36. The van der Waals surface area contributed by atoms with Gasteiger partial charge in [-0.2, -0.15) is 0 Å². The summed E-state index contributed by atoms with van der Waals surface area (Å²) in [6.45, 7) is -0.0644. The molecule has 106 valence electrons. The maximum absolute atomic E-state index is 12.0. The molecular formula is C12H10Cl2N2O4. The maximum Gasteiger partial charge on any atom is 0.308 e. The molecule has 2 rings (SSSR count). The number of carbonyl (C=O) groups excluding carboxylic acids is 2. The Hall–Kier alpha value is -1.79. The van der Waals surface area contributed by atoms with Crippen LogP contribution < -0.4 is 5.43 Å². The Kier molecular flexibility index (Phi) is 4.15. The number of hydrogen-bond acceptors (Lipinski definition) is 3. The zero-order valence-corrected chi connectivity index (χ0v) is 11.6. The number of hydrogen-bond donors (Lipinski definition) is 2. The molecule has 0 aliphatic carbocycles. The highest BCUT2D eigenvalue weighted by atomic mass is 35.5. The van der Waals surface area contributed by atoms with Gasteiger partial charge in [-0.1, -0.05) is 23.2 Å². The highest BCUT2D eigenvalue weighted by Crippen LogP contribution is 2.22. The molecule has 0 radical (unpaired) electrons. The van der Waals surface area contributed by atoms with E-state index < -0.39 is 23.7 Å². The van der Waals surface area contributed by atoms with Gasteiger partial charge in [-0.15, -0.1) is 0 Å². The van der Waals surface area contributed by atoms with Crippen LogP contribution in [0.3, 0.4) is 0 Å². The molecule has 1 aromatic carbocycles. The second-order valence-corrected chi connectivity index (χ2v) is 5.15. The zero-order chi connectivity index (χ0) is 14.9. The van der Waals surface area contributed by atoms with Crippen molar-refractivity contribution in [3.63, 3.8) is 0 Å². The quantitative estimate of drug-likeness (QED) is 0.886. The number of carbonyl (C=O) groups is 3. The van der Waals surface area contributed by atoms with Crippen LogP contribution in [0.2, 0.25) is 10.0 Å². The van der Waals surface area contributed by atoms with Crippen molar-refractivity contribution in [1.29, 1.82) is 0 Å². The van der Waals surface area contributed by atoms with E-state index in [0.717, 1.165) is 5.01 Å². The molecule has 0 bridgehead atoms. The molecule has 2 amide bonds. The standard InChI is InChI=1S/C12H10Cl2N2O4/c13-7-1-2-8(9(14)4-7)11(18)15-16-5-6(12(19)20)3-10(16)17/h1-2,4,6H,3,5H2,(H,15,18)(H,19,20)/t6-/m1/s1. The van der Waals surface area contributed by atoms with E-state index in [-0.39, 0.29) is 23.6 Å². The summed E-state index contributed by atoms with van der Waals surface area (Å²) in [5.41, 5.74) is 2.50. The fourth-order valence-electron chi connectivity index (χ4n) is 1.84. The van der Waals surface area contributed by atoms with Crippen molar-refractivity contribution in [3.05, 3.63) is 33.8 Å². The Morgan fingerprint density at radius 2 is 2.05 bits per heavy atom. The Morgan fingerprint density at radius 1 is 1.35 bits per heavy atom. The minimum atomic E-state index is -1.07. The number of amides is 2. The van der Waals surface area contributed by atoms with Gasteiger partial charge in [0, 0.05) is 11.4 Å². The van der Waals surface area contributed by atoms with Crippen molar-refractivity contribution in [2.45, 2.75) is 6.42 Å². The van der Waals surface area contributed by atoms with Gasteiger partial charge in [0.1, 0.15) is 0 Å². The van der Waals surface area contributed by atoms with Crippen molar-refractivity contribution < 1.29 is 19.5 Å². The van der Waals surface area contributed by atoms with Crippen molar-refractivity contribution in [2.24, 2.45) is 5.92 Å². The molecule has 8 heteroatoms. The average Bonchev–Trinajstić information content (AvgIpc) is 2.71. The molecule has 1 aliphatic heterocycles. The fourth-order valence-corrected chi connectivity index (χ4v) is 2.33. The number of benzene rings is 1. The van der Waals surface area contributed by atoms with Crippen LogP contribution in [0.1, 0.15) is 16.8 Å². The van der Waals surface area contributed by atoms with E-state index in [0.29, 0.717) is 5.02 Å². The molecule has 1 atom stereocenters. The lowest BCUT2D eigenvalue weighted by Gasteiger charge is -2.17. The number of carboxylic acids is 1. The molecule has 1 fully saturated rings. The van der Waals surface area contributed by atoms with Gasteiger partial charge in [0.25, 0.3) is 5.91 Å². The summed E-state index contributed by atoms with van der Waals surface area (Å²) in [4.78, 5) is 34.4. The second kappa shape index (κ2) is 5.68. The molecule has 1 aliphatic rings. The number of aliphatic carboxylic acids is 1. The lowest BCUT2D eigenvalue weighted by Crippen LogP contribution is -2.43. The number of halogens is 2. The van der Waals surface area contributed by atoms with E-state index in [1.54, 1.807) is 0 Å². The second-order valence-electron chi connectivity index (χ2n) is 4.31. The number of hydrazine groups is 1. The van der Waals surface area contributed by atoms with Crippen LogP contribution >= 0.6 is 23.2 Å². The first-order valence-electron chi connectivity index (χ1n) is 5.67.